The molecule has 0 aromatic rings. The van der Waals surface area contributed by atoms with Gasteiger partial charge in [-0.05, 0) is 13.0 Å². The minimum atomic E-state index is -1.13. The Kier molecular flexibility index (Phi) is 8.55. The van der Waals surface area contributed by atoms with Crippen LogP contribution in [0.2, 0.25) is 0 Å². The molecule has 0 rings (SSSR count). The second-order valence-electron chi connectivity index (χ2n) is 3.26. The SMILES string of the molecule is COCCNC(=O)CS(=O)C(C)CCN. The Balaban J connectivity index is 3.70. The quantitative estimate of drug-likeness (QED) is 0.543. The molecule has 0 aromatic heterocycles. The largest absolute Gasteiger partial charge is 0.383 e. The standard InChI is InChI=1S/C9H20N2O3S/c1-8(3-4-10)15(13)7-9(12)11-5-6-14-2/h8H,3-7,10H2,1-2H3,(H,11,12). The van der Waals surface area contributed by atoms with Gasteiger partial charge in [0, 0.05) is 29.7 Å². The van der Waals surface area contributed by atoms with E-state index in [1.54, 1.807) is 7.11 Å². The molecule has 5 nitrogen and oxygen atoms in total. The van der Waals surface area contributed by atoms with E-state index in [0.29, 0.717) is 26.1 Å². The summed E-state index contributed by atoms with van der Waals surface area (Å²) >= 11 is 0. The van der Waals surface area contributed by atoms with Crippen LogP contribution in [0.3, 0.4) is 0 Å². The third kappa shape index (κ3) is 7.47. The molecule has 0 fully saturated rings. The molecule has 0 aliphatic heterocycles. The van der Waals surface area contributed by atoms with Gasteiger partial charge in [0.15, 0.2) is 0 Å². The molecule has 6 heteroatoms. The van der Waals surface area contributed by atoms with Gasteiger partial charge in [0.2, 0.25) is 5.91 Å². The predicted octanol–water partition coefficient (Wildman–Crippen LogP) is -0.765. The summed E-state index contributed by atoms with van der Waals surface area (Å²) in [5, 5.41) is 2.60. The molecule has 0 radical (unpaired) electrons. The number of carbonyl (C=O) groups is 1. The smallest absolute Gasteiger partial charge is 0.232 e. The second-order valence-corrected chi connectivity index (χ2v) is 5.11. The van der Waals surface area contributed by atoms with E-state index in [2.05, 4.69) is 5.32 Å². The molecular formula is C9H20N2O3S. The number of nitrogens with two attached hydrogens (primary N) is 1. The van der Waals surface area contributed by atoms with Crippen LogP contribution in [0, 0.1) is 0 Å². The van der Waals surface area contributed by atoms with Crippen LogP contribution in [-0.2, 0) is 20.3 Å². The first kappa shape index (κ1) is 14.5. The van der Waals surface area contributed by atoms with Gasteiger partial charge >= 0.3 is 0 Å². The molecule has 90 valence electrons. The van der Waals surface area contributed by atoms with Crippen molar-refractivity contribution >= 4 is 16.7 Å². The number of hydrogen-bond donors (Lipinski definition) is 2. The van der Waals surface area contributed by atoms with E-state index >= 15 is 0 Å². The molecular weight excluding hydrogens is 216 g/mol. The van der Waals surface area contributed by atoms with Crippen LogP contribution in [0.4, 0.5) is 0 Å². The molecule has 0 heterocycles. The Hall–Kier alpha value is -0.460. The molecule has 0 saturated heterocycles. The highest BCUT2D eigenvalue weighted by atomic mass is 32.2. The average molecular weight is 236 g/mol. The lowest BCUT2D eigenvalue weighted by atomic mass is 10.3. The summed E-state index contributed by atoms with van der Waals surface area (Å²) in [4.78, 5) is 11.2. The summed E-state index contributed by atoms with van der Waals surface area (Å²) in [6.07, 6.45) is 0.679. The first-order valence-electron chi connectivity index (χ1n) is 4.94. The molecule has 0 aliphatic rings. The molecule has 0 spiro atoms. The minimum absolute atomic E-state index is 0.0248. The number of rotatable bonds is 8. The molecule has 0 aliphatic carbocycles. The van der Waals surface area contributed by atoms with E-state index in [4.69, 9.17) is 10.5 Å². The first-order valence-corrected chi connectivity index (χ1v) is 6.33. The summed E-state index contributed by atoms with van der Waals surface area (Å²) in [6.45, 7) is 3.26. The Morgan fingerprint density at radius 3 is 2.80 bits per heavy atom. The number of hydrogen-bond acceptors (Lipinski definition) is 4. The molecule has 0 aromatic carbocycles. The lowest BCUT2D eigenvalue weighted by Crippen LogP contribution is -2.33. The van der Waals surface area contributed by atoms with Gasteiger partial charge in [-0.2, -0.15) is 0 Å². The van der Waals surface area contributed by atoms with Crippen LogP contribution < -0.4 is 11.1 Å². The minimum Gasteiger partial charge on any atom is -0.383 e. The highest BCUT2D eigenvalue weighted by molar-refractivity contribution is 7.86. The van der Waals surface area contributed by atoms with Crippen molar-refractivity contribution in [1.29, 1.82) is 0 Å². The number of amides is 1. The fourth-order valence-corrected chi connectivity index (χ4v) is 2.03. The van der Waals surface area contributed by atoms with Crippen molar-refractivity contribution in [3.63, 3.8) is 0 Å². The van der Waals surface area contributed by atoms with Crippen molar-refractivity contribution in [1.82, 2.24) is 5.32 Å². The van der Waals surface area contributed by atoms with Gasteiger partial charge < -0.3 is 15.8 Å². The molecule has 15 heavy (non-hydrogen) atoms. The molecule has 2 atom stereocenters. The van der Waals surface area contributed by atoms with Gasteiger partial charge in [0.25, 0.3) is 0 Å². The zero-order valence-electron chi connectivity index (χ0n) is 9.32. The highest BCUT2D eigenvalue weighted by Crippen LogP contribution is 1.99. The molecule has 2 unspecified atom stereocenters. The van der Waals surface area contributed by atoms with E-state index in [1.165, 1.54) is 0 Å². The fourth-order valence-electron chi connectivity index (χ4n) is 0.981. The Bertz CT molecular complexity index is 212. The van der Waals surface area contributed by atoms with Gasteiger partial charge in [0.05, 0.1) is 6.61 Å². The van der Waals surface area contributed by atoms with Crippen molar-refractivity contribution < 1.29 is 13.7 Å². The number of ether oxygens (including phenoxy) is 1. The molecule has 1 amide bonds. The lowest BCUT2D eigenvalue weighted by Gasteiger charge is -2.09. The van der Waals surface area contributed by atoms with Crippen molar-refractivity contribution in [3.05, 3.63) is 0 Å². The second kappa shape index (κ2) is 8.82. The summed E-state index contributed by atoms with van der Waals surface area (Å²) in [5.74, 6) is -0.153. The van der Waals surface area contributed by atoms with Crippen molar-refractivity contribution in [3.8, 4) is 0 Å². The summed E-state index contributed by atoms with van der Waals surface area (Å²) < 4.78 is 16.3. The van der Waals surface area contributed by atoms with Crippen molar-refractivity contribution in [2.24, 2.45) is 5.73 Å². The van der Waals surface area contributed by atoms with Crippen molar-refractivity contribution in [2.45, 2.75) is 18.6 Å². The number of nitrogens with one attached hydrogen (secondary N) is 1. The normalized spacial score (nSPS) is 14.6. The average Bonchev–Trinajstić information content (AvgIpc) is 2.18. The third-order valence-corrected chi connectivity index (χ3v) is 3.60. The van der Waals surface area contributed by atoms with Crippen LogP contribution in [0.5, 0.6) is 0 Å². The monoisotopic (exact) mass is 236 g/mol. The zero-order valence-corrected chi connectivity index (χ0v) is 10.1. The van der Waals surface area contributed by atoms with E-state index in [-0.39, 0.29) is 16.9 Å². The van der Waals surface area contributed by atoms with Gasteiger partial charge in [-0.3, -0.25) is 9.00 Å². The van der Waals surface area contributed by atoms with Gasteiger partial charge in [-0.25, -0.2) is 0 Å². The Morgan fingerprint density at radius 2 is 2.27 bits per heavy atom. The van der Waals surface area contributed by atoms with E-state index in [0.717, 1.165) is 0 Å². The van der Waals surface area contributed by atoms with Crippen LogP contribution >= 0.6 is 0 Å². The molecule has 0 saturated carbocycles. The predicted molar refractivity (Wildman–Crippen MR) is 61.0 cm³/mol. The number of methoxy groups -OCH3 is 1. The van der Waals surface area contributed by atoms with Crippen LogP contribution in [-0.4, -0.2) is 47.9 Å². The Labute approximate surface area is 93.2 Å². The Morgan fingerprint density at radius 1 is 1.60 bits per heavy atom. The van der Waals surface area contributed by atoms with Crippen LogP contribution in [0.25, 0.3) is 0 Å². The summed E-state index contributed by atoms with van der Waals surface area (Å²) in [7, 11) is 0.430. The maximum Gasteiger partial charge on any atom is 0.232 e. The fraction of sp³-hybridized carbons (Fsp3) is 0.889. The van der Waals surface area contributed by atoms with E-state index in [9.17, 15) is 9.00 Å². The first-order chi connectivity index (χ1) is 7.11. The zero-order chi connectivity index (χ0) is 11.7. The van der Waals surface area contributed by atoms with E-state index in [1.807, 2.05) is 6.92 Å². The van der Waals surface area contributed by atoms with Crippen molar-refractivity contribution in [2.75, 3.05) is 32.6 Å². The van der Waals surface area contributed by atoms with Gasteiger partial charge in [-0.1, -0.05) is 6.92 Å². The third-order valence-electron chi connectivity index (χ3n) is 1.92. The highest BCUT2D eigenvalue weighted by Gasteiger charge is 2.13. The lowest BCUT2D eigenvalue weighted by molar-refractivity contribution is -0.118. The summed E-state index contributed by atoms with van der Waals surface area (Å²) in [6, 6.07) is 0. The molecule has 0 bridgehead atoms. The number of carbonyl (C=O) groups excluding carboxylic acids is 1. The maximum atomic E-state index is 11.5. The van der Waals surface area contributed by atoms with Crippen LogP contribution in [0.1, 0.15) is 13.3 Å². The van der Waals surface area contributed by atoms with Gasteiger partial charge in [-0.15, -0.1) is 0 Å². The maximum absolute atomic E-state index is 11.5. The molecule has 3 N–H and O–H groups in total. The van der Waals surface area contributed by atoms with Crippen LogP contribution in [0.15, 0.2) is 0 Å². The summed E-state index contributed by atoms with van der Waals surface area (Å²) in [5.41, 5.74) is 5.34. The van der Waals surface area contributed by atoms with E-state index < -0.39 is 10.8 Å². The van der Waals surface area contributed by atoms with Gasteiger partial charge in [0.1, 0.15) is 5.75 Å². The topological polar surface area (TPSA) is 81.4 Å².